The molecule has 2 aromatic carbocycles. The number of aliphatic imine (C=N–C) groups is 1. The minimum atomic E-state index is 0.597. The van der Waals surface area contributed by atoms with Crippen LogP contribution in [0.5, 0.6) is 0 Å². The lowest BCUT2D eigenvalue weighted by atomic mass is 9.88. The quantitative estimate of drug-likeness (QED) is 0.576. The van der Waals surface area contributed by atoms with Gasteiger partial charge < -0.3 is 0 Å². The van der Waals surface area contributed by atoms with Crippen molar-refractivity contribution < 1.29 is 0 Å². The number of rotatable bonds is 3. The highest BCUT2D eigenvalue weighted by Gasteiger charge is 2.21. The minimum Gasteiger partial charge on any atom is -0.253 e. The molecule has 1 nitrogen and oxygen atoms in total. The van der Waals surface area contributed by atoms with Gasteiger partial charge in [0.15, 0.2) is 0 Å². The molecular formula is C24H25N. The monoisotopic (exact) mass is 327 g/mol. The fraction of sp³-hybridized carbons (Fsp3) is 0.292. The average Bonchev–Trinajstić information content (AvgIpc) is 2.88. The molecule has 0 fully saturated rings. The first-order valence-corrected chi connectivity index (χ1v) is 9.48. The second-order valence-electron chi connectivity index (χ2n) is 7.00. The normalized spacial score (nSPS) is 19.6. The zero-order valence-corrected chi connectivity index (χ0v) is 14.9. The van der Waals surface area contributed by atoms with E-state index in [9.17, 15) is 0 Å². The lowest BCUT2D eigenvalue weighted by Crippen LogP contribution is -2.05. The largest absolute Gasteiger partial charge is 0.253 e. The van der Waals surface area contributed by atoms with Gasteiger partial charge in [0.1, 0.15) is 0 Å². The third-order valence-electron chi connectivity index (χ3n) is 5.44. The molecular weight excluding hydrogens is 302 g/mol. The highest BCUT2D eigenvalue weighted by Crippen LogP contribution is 2.39. The lowest BCUT2D eigenvalue weighted by molar-refractivity contribution is 0.627. The molecule has 0 amide bonds. The molecule has 25 heavy (non-hydrogen) atoms. The Labute approximate surface area is 150 Å². The van der Waals surface area contributed by atoms with Crippen LogP contribution in [0.15, 0.2) is 77.3 Å². The van der Waals surface area contributed by atoms with E-state index in [4.69, 9.17) is 4.99 Å². The van der Waals surface area contributed by atoms with Gasteiger partial charge >= 0.3 is 0 Å². The number of nitrogens with zero attached hydrogens (tertiary/aromatic N) is 1. The average molecular weight is 327 g/mol. The smallest absolute Gasteiger partial charge is 0.0668 e. The number of hydrogen-bond donors (Lipinski definition) is 0. The van der Waals surface area contributed by atoms with Crippen molar-refractivity contribution in [3.05, 3.63) is 77.9 Å². The van der Waals surface area contributed by atoms with Crippen molar-refractivity contribution in [1.29, 1.82) is 0 Å². The number of hydrogen-bond acceptors (Lipinski definition) is 1. The molecule has 0 saturated carbocycles. The Balaban J connectivity index is 1.76. The molecule has 0 aromatic heterocycles. The van der Waals surface area contributed by atoms with Crippen LogP contribution in [0.2, 0.25) is 0 Å². The first-order valence-electron chi connectivity index (χ1n) is 9.48. The second-order valence-corrected chi connectivity index (χ2v) is 7.00. The van der Waals surface area contributed by atoms with E-state index in [1.54, 1.807) is 0 Å². The van der Waals surface area contributed by atoms with Gasteiger partial charge in [-0.05, 0) is 72.4 Å². The molecule has 1 heterocycles. The summed E-state index contributed by atoms with van der Waals surface area (Å²) in [5.74, 6) is 0.597. The fourth-order valence-corrected chi connectivity index (χ4v) is 3.96. The van der Waals surface area contributed by atoms with Gasteiger partial charge in [-0.1, -0.05) is 61.5 Å². The first kappa shape index (κ1) is 16.1. The van der Waals surface area contributed by atoms with Crippen LogP contribution in [-0.2, 0) is 0 Å². The van der Waals surface area contributed by atoms with Gasteiger partial charge in [0.2, 0.25) is 0 Å². The first-order chi connectivity index (χ1) is 12.3. The van der Waals surface area contributed by atoms with E-state index < -0.39 is 0 Å². The van der Waals surface area contributed by atoms with Crippen molar-refractivity contribution in [2.45, 2.75) is 44.9 Å². The fourth-order valence-electron chi connectivity index (χ4n) is 3.96. The van der Waals surface area contributed by atoms with Crippen molar-refractivity contribution in [2.75, 3.05) is 0 Å². The summed E-state index contributed by atoms with van der Waals surface area (Å²) in [7, 11) is 0. The molecule has 0 bridgehead atoms. The Kier molecular flexibility index (Phi) is 4.65. The molecule has 0 spiro atoms. The summed E-state index contributed by atoms with van der Waals surface area (Å²) in [5, 5.41) is 0. The summed E-state index contributed by atoms with van der Waals surface area (Å²) < 4.78 is 0. The number of fused-ring (bicyclic) bond motifs is 1. The molecule has 1 unspecified atom stereocenters. The van der Waals surface area contributed by atoms with Gasteiger partial charge in [0.05, 0.1) is 5.69 Å². The Hall–Kier alpha value is -2.41. The van der Waals surface area contributed by atoms with E-state index in [0.29, 0.717) is 5.92 Å². The summed E-state index contributed by atoms with van der Waals surface area (Å²) in [5.41, 5.74) is 7.91. The molecule has 2 aliphatic rings. The Morgan fingerprint density at radius 2 is 1.88 bits per heavy atom. The van der Waals surface area contributed by atoms with Crippen LogP contribution in [0.3, 0.4) is 0 Å². The van der Waals surface area contributed by atoms with Gasteiger partial charge in [-0.15, -0.1) is 0 Å². The molecule has 1 heteroatoms. The maximum absolute atomic E-state index is 5.11. The van der Waals surface area contributed by atoms with E-state index in [2.05, 4.69) is 73.7 Å². The third kappa shape index (κ3) is 3.37. The standard InChI is InChI=1S/C24H25N/c1-2-18-13-15-23(20-11-7-4-8-12-20)25-24-16-14-21(17-22(18)24)19-9-5-3-6-10-19/h3-7,9-11,14,16-18H,2,8,12-13,15H2,1H3. The predicted octanol–water partition coefficient (Wildman–Crippen LogP) is 6.99. The topological polar surface area (TPSA) is 12.4 Å². The zero-order chi connectivity index (χ0) is 17.1. The van der Waals surface area contributed by atoms with Crippen LogP contribution in [0.4, 0.5) is 5.69 Å². The molecule has 1 aliphatic carbocycles. The zero-order valence-electron chi connectivity index (χ0n) is 14.9. The Morgan fingerprint density at radius 1 is 1.00 bits per heavy atom. The van der Waals surface area contributed by atoms with Gasteiger partial charge in [-0.3, -0.25) is 4.99 Å². The minimum absolute atomic E-state index is 0.597. The highest BCUT2D eigenvalue weighted by atomic mass is 14.8. The summed E-state index contributed by atoms with van der Waals surface area (Å²) in [4.78, 5) is 5.11. The van der Waals surface area contributed by atoms with Crippen molar-refractivity contribution in [1.82, 2.24) is 0 Å². The summed E-state index contributed by atoms with van der Waals surface area (Å²) in [6, 6.07) is 17.5. The summed E-state index contributed by atoms with van der Waals surface area (Å²) in [6.45, 7) is 2.30. The lowest BCUT2D eigenvalue weighted by Gasteiger charge is -2.16. The molecule has 0 radical (unpaired) electrons. The van der Waals surface area contributed by atoms with E-state index in [1.807, 2.05) is 0 Å². The van der Waals surface area contributed by atoms with E-state index >= 15 is 0 Å². The van der Waals surface area contributed by atoms with E-state index in [1.165, 1.54) is 46.5 Å². The Morgan fingerprint density at radius 3 is 2.64 bits per heavy atom. The maximum Gasteiger partial charge on any atom is 0.0668 e. The van der Waals surface area contributed by atoms with Crippen LogP contribution in [0, 0.1) is 0 Å². The van der Waals surface area contributed by atoms with Crippen LogP contribution < -0.4 is 0 Å². The molecule has 1 atom stereocenters. The number of benzene rings is 2. The van der Waals surface area contributed by atoms with Crippen molar-refractivity contribution in [3.8, 4) is 11.1 Å². The SMILES string of the molecule is CCC1CCC(C2=CC=CCC2)=Nc2ccc(-c3ccccc3)cc21. The number of allylic oxidation sites excluding steroid dienone is 4. The summed E-state index contributed by atoms with van der Waals surface area (Å²) >= 11 is 0. The Bertz CT molecular complexity index is 840. The molecule has 0 saturated heterocycles. The molecule has 2 aromatic rings. The molecule has 126 valence electrons. The molecule has 4 rings (SSSR count). The van der Waals surface area contributed by atoms with Gasteiger partial charge in [0, 0.05) is 5.71 Å². The van der Waals surface area contributed by atoms with Gasteiger partial charge in [0.25, 0.3) is 0 Å². The van der Waals surface area contributed by atoms with Crippen LogP contribution in [0.25, 0.3) is 11.1 Å². The van der Waals surface area contributed by atoms with Crippen molar-refractivity contribution >= 4 is 11.4 Å². The van der Waals surface area contributed by atoms with Crippen LogP contribution in [0.1, 0.15) is 50.5 Å². The molecule has 0 N–H and O–H groups in total. The maximum atomic E-state index is 5.11. The highest BCUT2D eigenvalue weighted by molar-refractivity contribution is 6.02. The molecule has 1 aliphatic heterocycles. The predicted molar refractivity (Wildman–Crippen MR) is 108 cm³/mol. The van der Waals surface area contributed by atoms with Crippen molar-refractivity contribution in [3.63, 3.8) is 0 Å². The summed E-state index contributed by atoms with van der Waals surface area (Å²) in [6.07, 6.45) is 12.4. The van der Waals surface area contributed by atoms with Crippen LogP contribution >= 0.6 is 0 Å². The van der Waals surface area contributed by atoms with Gasteiger partial charge in [-0.25, -0.2) is 0 Å². The van der Waals surface area contributed by atoms with Crippen molar-refractivity contribution in [2.24, 2.45) is 4.99 Å². The van der Waals surface area contributed by atoms with E-state index in [-0.39, 0.29) is 0 Å². The third-order valence-corrected chi connectivity index (χ3v) is 5.44. The second kappa shape index (κ2) is 7.23. The van der Waals surface area contributed by atoms with Gasteiger partial charge in [-0.2, -0.15) is 0 Å². The van der Waals surface area contributed by atoms with Crippen LogP contribution in [-0.4, -0.2) is 5.71 Å². The van der Waals surface area contributed by atoms with E-state index in [0.717, 1.165) is 19.3 Å².